The number of rotatable bonds is 2. The van der Waals surface area contributed by atoms with Gasteiger partial charge in [0, 0.05) is 32.7 Å². The molecular weight excluding hydrogens is 220 g/mol. The lowest BCUT2D eigenvalue weighted by molar-refractivity contribution is -0.137. The molecule has 0 radical (unpaired) electrons. The number of amides is 3. The second-order valence-electron chi connectivity index (χ2n) is 4.84. The van der Waals surface area contributed by atoms with Crippen LogP contribution >= 0.6 is 0 Å². The Bertz CT molecular complexity index is 290. The molecule has 1 rings (SSSR count). The van der Waals surface area contributed by atoms with Crippen LogP contribution in [0.15, 0.2) is 0 Å². The van der Waals surface area contributed by atoms with E-state index in [1.807, 2.05) is 6.92 Å². The number of nitrogens with zero attached hydrogens (tertiary/aromatic N) is 2. The lowest BCUT2D eigenvalue weighted by atomic mass is 10.1. The molecule has 1 fully saturated rings. The summed E-state index contributed by atoms with van der Waals surface area (Å²) in [6.45, 7) is 8.13. The Morgan fingerprint density at radius 2 is 1.65 bits per heavy atom. The maximum atomic E-state index is 11.9. The molecule has 1 saturated heterocycles. The van der Waals surface area contributed by atoms with E-state index in [0.717, 1.165) is 0 Å². The van der Waals surface area contributed by atoms with Crippen molar-refractivity contribution in [3.8, 4) is 0 Å². The van der Waals surface area contributed by atoms with Gasteiger partial charge in [-0.2, -0.15) is 0 Å². The van der Waals surface area contributed by atoms with E-state index in [0.29, 0.717) is 32.7 Å². The molecule has 6 heteroatoms. The summed E-state index contributed by atoms with van der Waals surface area (Å²) in [6.07, 6.45) is 0. The molecule has 0 atom stereocenters. The van der Waals surface area contributed by atoms with Gasteiger partial charge in [-0.3, -0.25) is 4.79 Å². The molecule has 0 aromatic carbocycles. The molecule has 0 unspecified atom stereocenters. The Morgan fingerprint density at radius 3 is 2.06 bits per heavy atom. The van der Waals surface area contributed by atoms with E-state index in [1.165, 1.54) is 0 Å². The number of nitrogens with two attached hydrogens (primary N) is 1. The van der Waals surface area contributed by atoms with Crippen LogP contribution in [-0.2, 0) is 4.79 Å². The Morgan fingerprint density at radius 1 is 1.18 bits per heavy atom. The number of urea groups is 1. The highest BCUT2D eigenvalue weighted by atomic mass is 16.2. The van der Waals surface area contributed by atoms with Crippen LogP contribution in [0.1, 0.15) is 20.8 Å². The SMILES string of the molecule is CCNC(=O)N1CCN(C(=O)C(C)(C)N)CC1. The predicted octanol–water partition coefficient (Wildman–Crippen LogP) is -0.403. The molecule has 0 spiro atoms. The lowest BCUT2D eigenvalue weighted by Gasteiger charge is -2.37. The first-order valence-corrected chi connectivity index (χ1v) is 5.97. The summed E-state index contributed by atoms with van der Waals surface area (Å²) < 4.78 is 0. The Balaban J connectivity index is 2.46. The van der Waals surface area contributed by atoms with Crippen molar-refractivity contribution < 1.29 is 9.59 Å². The number of carbonyl (C=O) groups excluding carboxylic acids is 2. The van der Waals surface area contributed by atoms with Crippen molar-refractivity contribution in [2.75, 3.05) is 32.7 Å². The second kappa shape index (κ2) is 5.35. The van der Waals surface area contributed by atoms with Crippen molar-refractivity contribution in [2.24, 2.45) is 5.73 Å². The minimum absolute atomic E-state index is 0.0620. The number of nitrogens with one attached hydrogen (secondary N) is 1. The van der Waals surface area contributed by atoms with Crippen molar-refractivity contribution in [1.29, 1.82) is 0 Å². The first-order valence-electron chi connectivity index (χ1n) is 5.97. The largest absolute Gasteiger partial charge is 0.338 e. The number of hydrogen-bond donors (Lipinski definition) is 2. The van der Waals surface area contributed by atoms with Crippen molar-refractivity contribution in [1.82, 2.24) is 15.1 Å². The van der Waals surface area contributed by atoms with Crippen LogP contribution in [0.2, 0.25) is 0 Å². The second-order valence-corrected chi connectivity index (χ2v) is 4.84. The standard InChI is InChI=1S/C11H22N4O2/c1-4-13-10(17)15-7-5-14(6-8-15)9(16)11(2,3)12/h4-8,12H2,1-3H3,(H,13,17). The summed E-state index contributed by atoms with van der Waals surface area (Å²) in [5.41, 5.74) is 4.93. The number of piperazine rings is 1. The average molecular weight is 242 g/mol. The number of hydrogen-bond acceptors (Lipinski definition) is 3. The van der Waals surface area contributed by atoms with E-state index in [-0.39, 0.29) is 11.9 Å². The van der Waals surface area contributed by atoms with Gasteiger partial charge in [-0.25, -0.2) is 4.79 Å². The first-order chi connectivity index (χ1) is 7.86. The van der Waals surface area contributed by atoms with Crippen molar-refractivity contribution in [3.63, 3.8) is 0 Å². The smallest absolute Gasteiger partial charge is 0.317 e. The molecule has 98 valence electrons. The third-order valence-corrected chi connectivity index (χ3v) is 2.73. The Labute approximate surface area is 102 Å². The normalized spacial score (nSPS) is 16.9. The summed E-state index contributed by atoms with van der Waals surface area (Å²) in [6, 6.07) is -0.0633. The average Bonchev–Trinajstić information content (AvgIpc) is 2.27. The highest BCUT2D eigenvalue weighted by molar-refractivity contribution is 5.85. The topological polar surface area (TPSA) is 78.7 Å². The summed E-state index contributed by atoms with van der Waals surface area (Å²) in [5, 5.41) is 2.75. The van der Waals surface area contributed by atoms with Crippen LogP contribution in [0, 0.1) is 0 Å². The highest BCUT2D eigenvalue weighted by Gasteiger charge is 2.31. The molecule has 6 nitrogen and oxygen atoms in total. The molecular formula is C11H22N4O2. The van der Waals surface area contributed by atoms with Gasteiger partial charge in [-0.05, 0) is 20.8 Å². The van der Waals surface area contributed by atoms with E-state index in [2.05, 4.69) is 5.32 Å². The van der Waals surface area contributed by atoms with Crippen LogP contribution in [0.3, 0.4) is 0 Å². The number of carbonyl (C=O) groups is 2. The monoisotopic (exact) mass is 242 g/mol. The fourth-order valence-corrected chi connectivity index (χ4v) is 1.78. The van der Waals surface area contributed by atoms with Gasteiger partial charge in [0.1, 0.15) is 0 Å². The van der Waals surface area contributed by atoms with Crippen LogP contribution in [0.4, 0.5) is 4.79 Å². The molecule has 0 aromatic rings. The van der Waals surface area contributed by atoms with E-state index < -0.39 is 5.54 Å². The quantitative estimate of drug-likeness (QED) is 0.691. The lowest BCUT2D eigenvalue weighted by Crippen LogP contribution is -2.58. The van der Waals surface area contributed by atoms with Gasteiger partial charge in [0.15, 0.2) is 0 Å². The van der Waals surface area contributed by atoms with Crippen molar-refractivity contribution >= 4 is 11.9 Å². The van der Waals surface area contributed by atoms with Gasteiger partial charge in [-0.15, -0.1) is 0 Å². The third-order valence-electron chi connectivity index (χ3n) is 2.73. The molecule has 1 heterocycles. The van der Waals surface area contributed by atoms with Gasteiger partial charge < -0.3 is 20.9 Å². The summed E-state index contributed by atoms with van der Waals surface area (Å²) in [7, 11) is 0. The molecule has 0 saturated carbocycles. The fourth-order valence-electron chi connectivity index (χ4n) is 1.78. The Kier molecular flexibility index (Phi) is 4.34. The maximum absolute atomic E-state index is 11.9. The third kappa shape index (κ3) is 3.59. The molecule has 0 aliphatic carbocycles. The summed E-state index contributed by atoms with van der Waals surface area (Å²) in [4.78, 5) is 26.9. The maximum Gasteiger partial charge on any atom is 0.317 e. The molecule has 0 aromatic heterocycles. The van der Waals surface area contributed by atoms with E-state index in [9.17, 15) is 9.59 Å². The van der Waals surface area contributed by atoms with E-state index in [1.54, 1.807) is 23.6 Å². The molecule has 0 bridgehead atoms. The minimum Gasteiger partial charge on any atom is -0.338 e. The highest BCUT2D eigenvalue weighted by Crippen LogP contribution is 2.08. The fraction of sp³-hybridized carbons (Fsp3) is 0.818. The zero-order valence-electron chi connectivity index (χ0n) is 10.8. The van der Waals surface area contributed by atoms with Crippen LogP contribution in [0.25, 0.3) is 0 Å². The Hall–Kier alpha value is -1.30. The first kappa shape index (κ1) is 13.8. The minimum atomic E-state index is -0.839. The molecule has 17 heavy (non-hydrogen) atoms. The zero-order valence-corrected chi connectivity index (χ0v) is 10.8. The predicted molar refractivity (Wildman–Crippen MR) is 65.5 cm³/mol. The summed E-state index contributed by atoms with van der Waals surface area (Å²) >= 11 is 0. The van der Waals surface area contributed by atoms with Gasteiger partial charge in [0.2, 0.25) is 5.91 Å². The zero-order chi connectivity index (χ0) is 13.1. The summed E-state index contributed by atoms with van der Waals surface area (Å²) in [5.74, 6) is -0.0620. The van der Waals surface area contributed by atoms with Crippen molar-refractivity contribution in [3.05, 3.63) is 0 Å². The van der Waals surface area contributed by atoms with Gasteiger partial charge >= 0.3 is 6.03 Å². The molecule has 3 amide bonds. The van der Waals surface area contributed by atoms with Gasteiger partial charge in [0.05, 0.1) is 5.54 Å². The van der Waals surface area contributed by atoms with Gasteiger partial charge in [0.25, 0.3) is 0 Å². The van der Waals surface area contributed by atoms with E-state index in [4.69, 9.17) is 5.73 Å². The molecule has 1 aliphatic rings. The molecule has 3 N–H and O–H groups in total. The van der Waals surface area contributed by atoms with E-state index >= 15 is 0 Å². The molecule has 1 aliphatic heterocycles. The van der Waals surface area contributed by atoms with Crippen LogP contribution < -0.4 is 11.1 Å². The van der Waals surface area contributed by atoms with Crippen LogP contribution in [0.5, 0.6) is 0 Å². The van der Waals surface area contributed by atoms with Crippen LogP contribution in [-0.4, -0.2) is 60.0 Å². The van der Waals surface area contributed by atoms with Crippen molar-refractivity contribution in [2.45, 2.75) is 26.3 Å². The van der Waals surface area contributed by atoms with Gasteiger partial charge in [-0.1, -0.05) is 0 Å².